The van der Waals surface area contributed by atoms with Crippen molar-refractivity contribution in [2.45, 2.75) is 29.4 Å². The molecule has 11 heteroatoms. The number of urea groups is 1. The van der Waals surface area contributed by atoms with Crippen LogP contribution in [0, 0.1) is 5.82 Å². The second-order valence-electron chi connectivity index (χ2n) is 8.70. The Morgan fingerprint density at radius 1 is 1.14 bits per heavy atom. The van der Waals surface area contributed by atoms with Crippen LogP contribution in [0.2, 0.25) is 0 Å². The van der Waals surface area contributed by atoms with Crippen LogP contribution in [0.1, 0.15) is 25.5 Å². The number of nitrogens with one attached hydrogen (secondary N) is 2. The number of nitrogens with zero attached hydrogens (tertiary/aromatic N) is 4. The van der Waals surface area contributed by atoms with E-state index in [1.165, 1.54) is 12.3 Å². The number of aromatic nitrogens is 3. The molecule has 188 valence electrons. The van der Waals surface area contributed by atoms with Crippen molar-refractivity contribution in [1.29, 1.82) is 0 Å². The van der Waals surface area contributed by atoms with Crippen molar-refractivity contribution < 1.29 is 18.1 Å². The molecule has 1 aliphatic heterocycles. The zero-order valence-electron chi connectivity index (χ0n) is 19.9. The zero-order valence-corrected chi connectivity index (χ0v) is 20.7. The van der Waals surface area contributed by atoms with Crippen molar-refractivity contribution >= 4 is 28.3 Å². The number of rotatable bonds is 7. The first-order chi connectivity index (χ1) is 17.5. The van der Waals surface area contributed by atoms with Crippen LogP contribution in [0.4, 0.5) is 20.7 Å². The van der Waals surface area contributed by atoms with Gasteiger partial charge in [-0.05, 0) is 50.1 Å². The standard InChI is InChI=1S/C25H27FN6O3S/c1-2-28-24(33)29-19-5-3-17(4-6-19)23-30-21(14-22(31-23)32-9-11-35-12-10-32)25(7-8-25)36(34)20-13-18(26)15-27-16-20/h3-6,13-16H,2,7-12H2,1H3,(H2,28,29,33). The van der Waals surface area contributed by atoms with Crippen molar-refractivity contribution in [3.8, 4) is 11.4 Å². The van der Waals surface area contributed by atoms with Gasteiger partial charge in [-0.15, -0.1) is 0 Å². The highest BCUT2D eigenvalue weighted by atomic mass is 32.2. The fourth-order valence-corrected chi connectivity index (χ4v) is 5.75. The molecule has 0 radical (unpaired) electrons. The van der Waals surface area contributed by atoms with Crippen molar-refractivity contribution in [2.75, 3.05) is 43.1 Å². The van der Waals surface area contributed by atoms with E-state index in [0.717, 1.165) is 17.6 Å². The molecule has 1 saturated heterocycles. The van der Waals surface area contributed by atoms with Gasteiger partial charge in [-0.2, -0.15) is 0 Å². The van der Waals surface area contributed by atoms with Crippen molar-refractivity contribution in [3.05, 3.63) is 60.3 Å². The summed E-state index contributed by atoms with van der Waals surface area (Å²) in [5.74, 6) is 0.720. The fraction of sp³-hybridized carbons (Fsp3) is 0.360. The number of morpholine rings is 1. The molecule has 3 heterocycles. The van der Waals surface area contributed by atoms with Crippen LogP contribution < -0.4 is 15.5 Å². The van der Waals surface area contributed by atoms with E-state index in [1.54, 1.807) is 12.1 Å². The Morgan fingerprint density at radius 2 is 1.89 bits per heavy atom. The Labute approximate surface area is 211 Å². The van der Waals surface area contributed by atoms with Crippen LogP contribution in [-0.2, 0) is 20.3 Å². The van der Waals surface area contributed by atoms with Crippen molar-refractivity contribution in [2.24, 2.45) is 0 Å². The van der Waals surface area contributed by atoms with E-state index < -0.39 is 21.4 Å². The van der Waals surface area contributed by atoms with E-state index in [4.69, 9.17) is 14.7 Å². The number of amides is 2. The number of hydrogen-bond donors (Lipinski definition) is 2. The maximum absolute atomic E-state index is 13.8. The first-order valence-corrected chi connectivity index (χ1v) is 13.0. The van der Waals surface area contributed by atoms with Gasteiger partial charge in [-0.25, -0.2) is 19.2 Å². The van der Waals surface area contributed by atoms with E-state index in [0.29, 0.717) is 67.8 Å². The predicted molar refractivity (Wildman–Crippen MR) is 135 cm³/mol. The average molecular weight is 511 g/mol. The Hall–Kier alpha value is -3.44. The van der Waals surface area contributed by atoms with Crippen LogP contribution in [0.5, 0.6) is 0 Å². The summed E-state index contributed by atoms with van der Waals surface area (Å²) in [6.45, 7) is 4.96. The fourth-order valence-electron chi connectivity index (χ4n) is 4.16. The van der Waals surface area contributed by atoms with E-state index in [1.807, 2.05) is 25.1 Å². The highest BCUT2D eigenvalue weighted by molar-refractivity contribution is 7.86. The zero-order chi connectivity index (χ0) is 25.1. The minimum Gasteiger partial charge on any atom is -0.378 e. The molecule has 3 aromatic rings. The summed E-state index contributed by atoms with van der Waals surface area (Å²) >= 11 is 0. The van der Waals surface area contributed by atoms with Crippen molar-refractivity contribution in [1.82, 2.24) is 20.3 Å². The topological polar surface area (TPSA) is 109 Å². The largest absolute Gasteiger partial charge is 0.378 e. The Bertz CT molecular complexity index is 1280. The van der Waals surface area contributed by atoms with Gasteiger partial charge in [0.1, 0.15) is 11.6 Å². The van der Waals surface area contributed by atoms with E-state index in [9.17, 15) is 13.4 Å². The van der Waals surface area contributed by atoms with Crippen LogP contribution in [-0.4, -0.2) is 58.0 Å². The predicted octanol–water partition coefficient (Wildman–Crippen LogP) is 3.45. The lowest BCUT2D eigenvalue weighted by molar-refractivity contribution is 0.122. The molecule has 1 aromatic carbocycles. The number of carbonyl (C=O) groups excluding carboxylic acids is 1. The van der Waals surface area contributed by atoms with Gasteiger partial charge in [0, 0.05) is 43.1 Å². The summed E-state index contributed by atoms with van der Waals surface area (Å²) in [6.07, 6.45) is 3.89. The monoisotopic (exact) mass is 510 g/mol. The molecule has 1 aliphatic carbocycles. The molecule has 5 rings (SSSR count). The third kappa shape index (κ3) is 5.07. The molecular formula is C25H27FN6O3S. The molecule has 0 bridgehead atoms. The van der Waals surface area contributed by atoms with Crippen LogP contribution in [0.3, 0.4) is 0 Å². The average Bonchev–Trinajstić information content (AvgIpc) is 3.71. The van der Waals surface area contributed by atoms with Gasteiger partial charge in [0.25, 0.3) is 0 Å². The molecular weight excluding hydrogens is 483 g/mol. The van der Waals surface area contributed by atoms with Gasteiger partial charge in [0.2, 0.25) is 0 Å². The second-order valence-corrected chi connectivity index (χ2v) is 10.5. The summed E-state index contributed by atoms with van der Waals surface area (Å²) in [4.78, 5) is 27.9. The lowest BCUT2D eigenvalue weighted by atomic mass is 10.1. The molecule has 1 unspecified atom stereocenters. The molecule has 1 atom stereocenters. The highest BCUT2D eigenvalue weighted by Crippen LogP contribution is 2.53. The van der Waals surface area contributed by atoms with Gasteiger partial charge in [-0.3, -0.25) is 9.19 Å². The summed E-state index contributed by atoms with van der Waals surface area (Å²) in [5.41, 5.74) is 2.08. The molecule has 0 spiro atoms. The molecule has 2 aliphatic rings. The lowest BCUT2D eigenvalue weighted by Gasteiger charge is -2.29. The molecule has 2 amide bonds. The van der Waals surface area contributed by atoms with Gasteiger partial charge in [0.05, 0.1) is 45.5 Å². The normalized spacial score (nSPS) is 17.3. The SMILES string of the molecule is CCNC(=O)Nc1ccc(-c2nc(N3CCOCC3)cc(C3(S(=O)c4cncc(F)c4)CC3)n2)cc1. The Balaban J connectivity index is 1.51. The molecule has 2 fully saturated rings. The van der Waals surface area contributed by atoms with Crippen molar-refractivity contribution in [3.63, 3.8) is 0 Å². The highest BCUT2D eigenvalue weighted by Gasteiger charge is 2.52. The van der Waals surface area contributed by atoms with E-state index in [2.05, 4.69) is 20.5 Å². The van der Waals surface area contributed by atoms with Gasteiger partial charge in [-0.1, -0.05) is 0 Å². The maximum atomic E-state index is 13.8. The smallest absolute Gasteiger partial charge is 0.319 e. The molecule has 1 saturated carbocycles. The maximum Gasteiger partial charge on any atom is 0.319 e. The van der Waals surface area contributed by atoms with Gasteiger partial charge in [0.15, 0.2) is 5.82 Å². The second kappa shape index (κ2) is 10.3. The third-order valence-corrected chi connectivity index (χ3v) is 8.18. The Morgan fingerprint density at radius 3 is 2.56 bits per heavy atom. The minimum atomic E-state index is -1.52. The molecule has 9 nitrogen and oxygen atoms in total. The first kappa shape index (κ1) is 24.3. The number of carbonyl (C=O) groups is 1. The number of benzene rings is 1. The summed E-state index contributed by atoms with van der Waals surface area (Å²) in [5, 5.41) is 5.47. The molecule has 36 heavy (non-hydrogen) atoms. The lowest BCUT2D eigenvalue weighted by Crippen LogP contribution is -2.37. The number of pyridine rings is 1. The number of halogens is 1. The minimum absolute atomic E-state index is 0.275. The Kier molecular flexibility index (Phi) is 6.92. The van der Waals surface area contributed by atoms with Crippen LogP contribution in [0.15, 0.2) is 53.7 Å². The van der Waals surface area contributed by atoms with E-state index >= 15 is 0 Å². The summed E-state index contributed by atoms with van der Waals surface area (Å²) in [7, 11) is -1.52. The quantitative estimate of drug-likeness (QED) is 0.501. The number of anilines is 2. The summed E-state index contributed by atoms with van der Waals surface area (Å²) in [6, 6.07) is 10.2. The van der Waals surface area contributed by atoms with Gasteiger partial charge >= 0.3 is 6.03 Å². The summed E-state index contributed by atoms with van der Waals surface area (Å²) < 4.78 is 32.2. The van der Waals surface area contributed by atoms with Crippen LogP contribution in [0.25, 0.3) is 11.4 Å². The first-order valence-electron chi connectivity index (χ1n) is 11.9. The molecule has 2 N–H and O–H groups in total. The number of hydrogen-bond acceptors (Lipinski definition) is 7. The molecule has 2 aromatic heterocycles. The third-order valence-electron chi connectivity index (χ3n) is 6.21. The van der Waals surface area contributed by atoms with Gasteiger partial charge < -0.3 is 20.3 Å². The van der Waals surface area contributed by atoms with Crippen LogP contribution >= 0.6 is 0 Å². The van der Waals surface area contributed by atoms with E-state index in [-0.39, 0.29) is 6.03 Å². The number of ether oxygens (including phenoxy) is 1.